The Morgan fingerprint density at radius 3 is 2.58 bits per heavy atom. The minimum Gasteiger partial charge on any atom is -0.468 e. The van der Waals surface area contributed by atoms with Crippen LogP contribution in [0.1, 0.15) is 28.8 Å². The molecule has 4 nitrogen and oxygen atoms in total. The molecule has 4 heteroatoms. The molecule has 0 unspecified atom stereocenters. The first kappa shape index (κ1) is 14.7. The molecule has 126 valence electrons. The normalized spacial score (nSPS) is 30.4. The molecule has 0 amide bonds. The molecular weight excluding hydrogens is 300 g/mol. The van der Waals surface area contributed by atoms with Gasteiger partial charge in [0.05, 0.1) is 26.0 Å². The molecule has 0 bridgehead atoms. The van der Waals surface area contributed by atoms with Gasteiger partial charge >= 0.3 is 0 Å². The largest absolute Gasteiger partial charge is 0.468 e. The van der Waals surface area contributed by atoms with E-state index < -0.39 is 0 Å². The van der Waals surface area contributed by atoms with Crippen molar-refractivity contribution in [2.24, 2.45) is 5.92 Å². The summed E-state index contributed by atoms with van der Waals surface area (Å²) in [4.78, 5) is 5.22. The van der Waals surface area contributed by atoms with E-state index in [-0.39, 0.29) is 0 Å². The van der Waals surface area contributed by atoms with Crippen LogP contribution in [-0.2, 0) is 11.3 Å². The number of likely N-dealkylation sites (tertiary alicyclic amines) is 1. The zero-order valence-electron chi connectivity index (χ0n) is 13.9. The van der Waals surface area contributed by atoms with E-state index in [9.17, 15) is 0 Å². The molecule has 5 rings (SSSR count). The summed E-state index contributed by atoms with van der Waals surface area (Å²) in [7, 11) is 0. The Bertz CT molecular complexity index is 693. The molecule has 1 aromatic carbocycles. The van der Waals surface area contributed by atoms with Crippen LogP contribution >= 0.6 is 0 Å². The Morgan fingerprint density at radius 1 is 0.958 bits per heavy atom. The molecule has 0 spiro atoms. The molecule has 2 aromatic rings. The minimum atomic E-state index is 0.553. The van der Waals surface area contributed by atoms with Crippen molar-refractivity contribution in [3.8, 4) is 0 Å². The second-order valence-corrected chi connectivity index (χ2v) is 7.27. The number of benzene rings is 1. The van der Waals surface area contributed by atoms with Crippen molar-refractivity contribution in [2.75, 3.05) is 39.4 Å². The molecular formula is C20H24N2O2. The van der Waals surface area contributed by atoms with E-state index in [1.54, 1.807) is 17.4 Å². The molecule has 0 N–H and O–H groups in total. The SMILES string of the molecule is c1coc(CN2C[C@H]3[C@@H](C2)c2ccccc2[C@@H]3N2CCOCC2)c1. The highest BCUT2D eigenvalue weighted by Gasteiger charge is 2.48. The second kappa shape index (κ2) is 6.03. The maximum absolute atomic E-state index is 5.59. The van der Waals surface area contributed by atoms with Crippen LogP contribution in [0.5, 0.6) is 0 Å². The number of nitrogens with zero attached hydrogens (tertiary/aromatic N) is 2. The Hall–Kier alpha value is -1.62. The molecule has 1 aliphatic carbocycles. The lowest BCUT2D eigenvalue weighted by atomic mass is 9.93. The highest BCUT2D eigenvalue weighted by molar-refractivity contribution is 5.41. The molecule has 2 saturated heterocycles. The van der Waals surface area contributed by atoms with Crippen molar-refractivity contribution in [1.29, 1.82) is 0 Å². The third-order valence-electron chi connectivity index (χ3n) is 5.96. The van der Waals surface area contributed by atoms with Crippen LogP contribution in [0.15, 0.2) is 47.1 Å². The van der Waals surface area contributed by atoms with E-state index in [0.717, 1.165) is 51.7 Å². The average molecular weight is 324 g/mol. The van der Waals surface area contributed by atoms with E-state index in [1.165, 1.54) is 0 Å². The third kappa shape index (κ3) is 2.41. The summed E-state index contributed by atoms with van der Waals surface area (Å²) >= 11 is 0. The van der Waals surface area contributed by atoms with Gasteiger partial charge in [-0.25, -0.2) is 0 Å². The van der Waals surface area contributed by atoms with Crippen molar-refractivity contribution < 1.29 is 9.15 Å². The van der Waals surface area contributed by atoms with Crippen LogP contribution in [0.25, 0.3) is 0 Å². The molecule has 0 radical (unpaired) electrons. The van der Waals surface area contributed by atoms with Crippen LogP contribution in [0.4, 0.5) is 0 Å². The number of hydrogen-bond donors (Lipinski definition) is 0. The van der Waals surface area contributed by atoms with Gasteiger partial charge < -0.3 is 9.15 Å². The van der Waals surface area contributed by atoms with Gasteiger partial charge in [-0.1, -0.05) is 24.3 Å². The fraction of sp³-hybridized carbons (Fsp3) is 0.500. The van der Waals surface area contributed by atoms with Gasteiger partial charge in [0.2, 0.25) is 0 Å². The number of hydrogen-bond acceptors (Lipinski definition) is 4. The second-order valence-electron chi connectivity index (χ2n) is 7.27. The summed E-state index contributed by atoms with van der Waals surface area (Å²) in [6, 6.07) is 13.7. The fourth-order valence-electron chi connectivity index (χ4n) is 4.99. The van der Waals surface area contributed by atoms with Crippen molar-refractivity contribution >= 4 is 0 Å². The lowest BCUT2D eigenvalue weighted by Crippen LogP contribution is -2.41. The third-order valence-corrected chi connectivity index (χ3v) is 5.96. The van der Waals surface area contributed by atoms with E-state index in [0.29, 0.717) is 17.9 Å². The minimum absolute atomic E-state index is 0.553. The number of ether oxygens (including phenoxy) is 1. The lowest BCUT2D eigenvalue weighted by molar-refractivity contribution is 0.00465. The van der Waals surface area contributed by atoms with Gasteiger partial charge in [0.25, 0.3) is 0 Å². The van der Waals surface area contributed by atoms with Crippen molar-refractivity contribution in [2.45, 2.75) is 18.5 Å². The average Bonchev–Trinajstić information content (AvgIpc) is 3.32. The molecule has 2 fully saturated rings. The van der Waals surface area contributed by atoms with Gasteiger partial charge in [0.15, 0.2) is 0 Å². The topological polar surface area (TPSA) is 28.9 Å². The summed E-state index contributed by atoms with van der Waals surface area (Å²) in [5.41, 5.74) is 3.13. The molecule has 24 heavy (non-hydrogen) atoms. The quantitative estimate of drug-likeness (QED) is 0.868. The van der Waals surface area contributed by atoms with Crippen LogP contribution < -0.4 is 0 Å². The van der Waals surface area contributed by atoms with Crippen LogP contribution in [-0.4, -0.2) is 49.2 Å². The van der Waals surface area contributed by atoms with E-state index in [1.807, 2.05) is 6.07 Å². The van der Waals surface area contributed by atoms with Crippen molar-refractivity contribution in [1.82, 2.24) is 9.80 Å². The molecule has 3 heterocycles. The van der Waals surface area contributed by atoms with Gasteiger partial charge in [-0.3, -0.25) is 9.80 Å². The monoisotopic (exact) mass is 324 g/mol. The Labute approximate surface area is 143 Å². The molecule has 1 aromatic heterocycles. The summed E-state index contributed by atoms with van der Waals surface area (Å²) in [5.74, 6) is 2.42. The van der Waals surface area contributed by atoms with Crippen molar-refractivity contribution in [3.63, 3.8) is 0 Å². The van der Waals surface area contributed by atoms with E-state index >= 15 is 0 Å². The first-order valence-electron chi connectivity index (χ1n) is 9.05. The van der Waals surface area contributed by atoms with E-state index in [2.05, 4.69) is 40.1 Å². The lowest BCUT2D eigenvalue weighted by Gasteiger charge is -2.36. The smallest absolute Gasteiger partial charge is 0.117 e. The molecule has 2 aliphatic heterocycles. The maximum Gasteiger partial charge on any atom is 0.117 e. The fourth-order valence-corrected chi connectivity index (χ4v) is 4.99. The Balaban J connectivity index is 1.42. The van der Waals surface area contributed by atoms with Gasteiger partial charge in [-0.2, -0.15) is 0 Å². The first-order valence-corrected chi connectivity index (χ1v) is 9.05. The molecule has 0 saturated carbocycles. The van der Waals surface area contributed by atoms with Crippen LogP contribution in [0.2, 0.25) is 0 Å². The van der Waals surface area contributed by atoms with Crippen molar-refractivity contribution in [3.05, 3.63) is 59.5 Å². The molecule has 3 aliphatic rings. The predicted octanol–water partition coefficient (Wildman–Crippen LogP) is 2.88. The zero-order valence-corrected chi connectivity index (χ0v) is 13.9. The van der Waals surface area contributed by atoms with Gasteiger partial charge in [0.1, 0.15) is 5.76 Å². The highest BCUT2D eigenvalue weighted by atomic mass is 16.5. The van der Waals surface area contributed by atoms with Gasteiger partial charge in [-0.15, -0.1) is 0 Å². The Kier molecular flexibility index (Phi) is 3.69. The van der Waals surface area contributed by atoms with E-state index in [4.69, 9.17) is 9.15 Å². The summed E-state index contributed by atoms with van der Waals surface area (Å²) < 4.78 is 11.1. The number of morpholine rings is 1. The van der Waals surface area contributed by atoms with Crippen LogP contribution in [0, 0.1) is 5.92 Å². The Morgan fingerprint density at radius 2 is 1.79 bits per heavy atom. The van der Waals surface area contributed by atoms with Gasteiger partial charge in [-0.05, 0) is 29.2 Å². The first-order chi connectivity index (χ1) is 11.9. The maximum atomic E-state index is 5.59. The predicted molar refractivity (Wildman–Crippen MR) is 91.8 cm³/mol. The summed E-state index contributed by atoms with van der Waals surface area (Å²) in [6.45, 7) is 7.07. The number of fused-ring (bicyclic) bond motifs is 3. The number of rotatable bonds is 3. The molecule has 3 atom stereocenters. The van der Waals surface area contributed by atoms with Gasteiger partial charge in [0, 0.05) is 38.1 Å². The summed E-state index contributed by atoms with van der Waals surface area (Å²) in [6.07, 6.45) is 1.78. The highest BCUT2D eigenvalue weighted by Crippen LogP contribution is 2.51. The summed E-state index contributed by atoms with van der Waals surface area (Å²) in [5, 5.41) is 0. The number of furan rings is 1. The zero-order chi connectivity index (χ0) is 15.9. The standard InChI is InChI=1S/C20H24N2O2/c1-2-6-17-16(5-1)18-13-21(12-15-4-3-9-24-15)14-19(18)20(17)22-7-10-23-11-8-22/h1-6,9,18-20H,7-8,10-14H2/t18-,19-,20-/m0/s1. The van der Waals surface area contributed by atoms with Crippen LogP contribution in [0.3, 0.4) is 0 Å².